The first-order chi connectivity index (χ1) is 7.32. The highest BCUT2D eigenvalue weighted by Crippen LogP contribution is 2.26. The molecule has 0 radical (unpaired) electrons. The molecule has 1 fully saturated rings. The summed E-state index contributed by atoms with van der Waals surface area (Å²) in [4.78, 5) is 12.1. The topological polar surface area (TPSA) is 74.7 Å². The highest BCUT2D eigenvalue weighted by atomic mass is 32.2. The number of rotatable bonds is 3. The highest BCUT2D eigenvalue weighted by Gasteiger charge is 2.19. The van der Waals surface area contributed by atoms with Crippen LogP contribution in [0.15, 0.2) is 22.1 Å². The van der Waals surface area contributed by atoms with Gasteiger partial charge in [-0.15, -0.1) is 11.8 Å². The van der Waals surface area contributed by atoms with Crippen LogP contribution in [0.3, 0.4) is 0 Å². The van der Waals surface area contributed by atoms with Crippen molar-refractivity contribution in [2.45, 2.75) is 0 Å². The van der Waals surface area contributed by atoms with Gasteiger partial charge < -0.3 is 10.0 Å². The predicted molar refractivity (Wildman–Crippen MR) is 63.7 cm³/mol. The number of hydrogen-bond acceptors (Lipinski definition) is 5. The van der Waals surface area contributed by atoms with E-state index in [1.165, 1.54) is 6.08 Å². The first-order valence-corrected chi connectivity index (χ1v) is 7.39. The van der Waals surface area contributed by atoms with E-state index in [1.54, 1.807) is 11.8 Å². The van der Waals surface area contributed by atoms with E-state index in [2.05, 4.69) is 0 Å². The van der Waals surface area contributed by atoms with Crippen LogP contribution in [-0.4, -0.2) is 50.0 Å². The molecule has 1 heterocycles. The standard InChI is InChI=1S/C9H13NO4S2/c1-10-5-6-15-8(10)4-3-7(9(11)12)16(2,13)14/h3-4H,5-6H2,1-2H3,(H,11,12)/b7-3-,8-4+. The Bertz CT molecular complexity index is 450. The predicted octanol–water partition coefficient (Wildman–Crippen LogP) is 0.519. The van der Waals surface area contributed by atoms with Crippen molar-refractivity contribution in [1.29, 1.82) is 0 Å². The zero-order valence-corrected chi connectivity index (χ0v) is 10.6. The first kappa shape index (κ1) is 13.1. The van der Waals surface area contributed by atoms with Crippen molar-refractivity contribution in [3.05, 3.63) is 22.1 Å². The Morgan fingerprint density at radius 2 is 2.19 bits per heavy atom. The third-order valence-corrected chi connectivity index (χ3v) is 4.28. The number of hydrogen-bond donors (Lipinski definition) is 1. The van der Waals surface area contributed by atoms with E-state index >= 15 is 0 Å². The Balaban J connectivity index is 3.01. The number of carbonyl (C=O) groups is 1. The van der Waals surface area contributed by atoms with Crippen molar-refractivity contribution in [3.8, 4) is 0 Å². The lowest BCUT2D eigenvalue weighted by Crippen LogP contribution is -2.12. The molecule has 0 spiro atoms. The van der Waals surface area contributed by atoms with Gasteiger partial charge in [0, 0.05) is 25.6 Å². The zero-order chi connectivity index (χ0) is 12.3. The number of allylic oxidation sites excluding steroid dienone is 2. The molecule has 0 aromatic carbocycles. The Labute approximate surface area is 98.7 Å². The Morgan fingerprint density at radius 1 is 1.56 bits per heavy atom. The first-order valence-electron chi connectivity index (χ1n) is 4.51. The van der Waals surface area contributed by atoms with E-state index in [-0.39, 0.29) is 0 Å². The van der Waals surface area contributed by atoms with Crippen molar-refractivity contribution in [1.82, 2.24) is 4.90 Å². The SMILES string of the molecule is CN1CCS/C1=C/C=C(/C(=O)O)S(C)(=O)=O. The average Bonchev–Trinajstić information content (AvgIpc) is 2.49. The van der Waals surface area contributed by atoms with Gasteiger partial charge in [0.1, 0.15) is 0 Å². The maximum atomic E-state index is 11.2. The molecule has 0 saturated carbocycles. The average molecular weight is 263 g/mol. The van der Waals surface area contributed by atoms with Gasteiger partial charge in [-0.1, -0.05) is 0 Å². The second-order valence-corrected chi connectivity index (χ2v) is 6.48. The number of aliphatic carboxylic acids is 1. The molecule has 0 aliphatic carbocycles. The largest absolute Gasteiger partial charge is 0.477 e. The summed E-state index contributed by atoms with van der Waals surface area (Å²) in [5.41, 5.74) is 0. The minimum atomic E-state index is -3.68. The molecular weight excluding hydrogens is 250 g/mol. The summed E-state index contributed by atoms with van der Waals surface area (Å²) in [7, 11) is -1.81. The summed E-state index contributed by atoms with van der Waals surface area (Å²) in [5, 5.41) is 9.63. The number of carboxylic acid groups (broad SMARTS) is 1. The molecular formula is C9H13NO4S2. The van der Waals surface area contributed by atoms with E-state index < -0.39 is 20.7 Å². The summed E-state index contributed by atoms with van der Waals surface area (Å²) in [5.74, 6) is -0.498. The van der Waals surface area contributed by atoms with Gasteiger partial charge in [-0.25, -0.2) is 13.2 Å². The smallest absolute Gasteiger partial charge is 0.347 e. The summed E-state index contributed by atoms with van der Waals surface area (Å²) in [6, 6.07) is 0. The number of sulfone groups is 1. The molecule has 5 nitrogen and oxygen atoms in total. The van der Waals surface area contributed by atoms with E-state index in [0.29, 0.717) is 0 Å². The van der Waals surface area contributed by atoms with Gasteiger partial charge in [0.15, 0.2) is 14.7 Å². The zero-order valence-electron chi connectivity index (χ0n) is 9.00. The normalized spacial score (nSPS) is 20.5. The molecule has 1 N–H and O–H groups in total. The minimum Gasteiger partial charge on any atom is -0.477 e. The highest BCUT2D eigenvalue weighted by molar-refractivity contribution is 8.03. The third-order valence-electron chi connectivity index (χ3n) is 2.04. The van der Waals surface area contributed by atoms with E-state index in [9.17, 15) is 13.2 Å². The molecule has 1 aliphatic rings. The van der Waals surface area contributed by atoms with Crippen LogP contribution in [0.2, 0.25) is 0 Å². The fraction of sp³-hybridized carbons (Fsp3) is 0.444. The Kier molecular flexibility index (Phi) is 4.03. The molecule has 7 heteroatoms. The molecule has 1 rings (SSSR count). The van der Waals surface area contributed by atoms with Gasteiger partial charge in [0.05, 0.1) is 5.03 Å². The maximum absolute atomic E-state index is 11.2. The van der Waals surface area contributed by atoms with Crippen LogP contribution in [0, 0.1) is 0 Å². The van der Waals surface area contributed by atoms with Gasteiger partial charge in [-0.05, 0) is 12.2 Å². The van der Waals surface area contributed by atoms with Gasteiger partial charge in [-0.3, -0.25) is 0 Å². The van der Waals surface area contributed by atoms with Crippen LogP contribution >= 0.6 is 11.8 Å². The van der Waals surface area contributed by atoms with Gasteiger partial charge >= 0.3 is 5.97 Å². The summed E-state index contributed by atoms with van der Waals surface area (Å²) in [6.07, 6.45) is 3.56. The number of nitrogens with zero attached hydrogens (tertiary/aromatic N) is 1. The van der Waals surface area contributed by atoms with Crippen molar-refractivity contribution >= 4 is 27.6 Å². The quantitative estimate of drug-likeness (QED) is 0.748. The van der Waals surface area contributed by atoms with Crippen LogP contribution in [-0.2, 0) is 14.6 Å². The van der Waals surface area contributed by atoms with E-state index in [1.807, 2.05) is 11.9 Å². The summed E-state index contributed by atoms with van der Waals surface area (Å²) in [6.45, 7) is 0.881. The van der Waals surface area contributed by atoms with Crippen LogP contribution in [0.25, 0.3) is 0 Å². The van der Waals surface area contributed by atoms with Crippen molar-refractivity contribution in [2.75, 3.05) is 25.6 Å². The van der Waals surface area contributed by atoms with Gasteiger partial charge in [0.2, 0.25) is 0 Å². The van der Waals surface area contributed by atoms with Crippen molar-refractivity contribution in [3.63, 3.8) is 0 Å². The minimum absolute atomic E-state index is 0.582. The number of thioether (sulfide) groups is 1. The molecule has 0 amide bonds. The lowest BCUT2D eigenvalue weighted by atomic mass is 10.4. The molecule has 90 valence electrons. The maximum Gasteiger partial charge on any atom is 0.347 e. The van der Waals surface area contributed by atoms with Crippen molar-refractivity contribution in [2.24, 2.45) is 0 Å². The van der Waals surface area contributed by atoms with Gasteiger partial charge in [-0.2, -0.15) is 0 Å². The van der Waals surface area contributed by atoms with Crippen molar-refractivity contribution < 1.29 is 18.3 Å². The lowest BCUT2D eigenvalue weighted by Gasteiger charge is -2.09. The molecule has 0 unspecified atom stereocenters. The number of carboxylic acids is 1. The van der Waals surface area contributed by atoms with Crippen LogP contribution < -0.4 is 0 Å². The summed E-state index contributed by atoms with van der Waals surface area (Å²) < 4.78 is 22.3. The van der Waals surface area contributed by atoms with E-state index in [4.69, 9.17) is 5.11 Å². The Hall–Kier alpha value is -0.950. The fourth-order valence-electron chi connectivity index (χ4n) is 1.18. The van der Waals surface area contributed by atoms with Crippen LogP contribution in [0.4, 0.5) is 0 Å². The monoisotopic (exact) mass is 263 g/mol. The summed E-state index contributed by atoms with van der Waals surface area (Å²) >= 11 is 1.57. The molecule has 0 atom stereocenters. The van der Waals surface area contributed by atoms with Crippen LogP contribution in [0.1, 0.15) is 0 Å². The fourth-order valence-corrected chi connectivity index (χ4v) is 2.87. The molecule has 0 aromatic rings. The van der Waals surface area contributed by atoms with Gasteiger partial charge in [0.25, 0.3) is 0 Å². The lowest BCUT2D eigenvalue weighted by molar-refractivity contribution is -0.131. The Morgan fingerprint density at radius 3 is 2.56 bits per heavy atom. The molecule has 16 heavy (non-hydrogen) atoms. The van der Waals surface area contributed by atoms with E-state index in [0.717, 1.165) is 29.7 Å². The molecule has 1 saturated heterocycles. The second-order valence-electron chi connectivity index (χ2n) is 3.38. The third kappa shape index (κ3) is 3.28. The second kappa shape index (κ2) is 4.92. The van der Waals surface area contributed by atoms with Crippen LogP contribution in [0.5, 0.6) is 0 Å². The molecule has 1 aliphatic heterocycles. The molecule has 0 bridgehead atoms. The molecule has 0 aromatic heterocycles.